The van der Waals surface area contributed by atoms with E-state index >= 15 is 0 Å². The molecule has 0 spiro atoms. The van der Waals surface area contributed by atoms with E-state index < -0.39 is 29.1 Å². The number of rotatable bonds is 7. The van der Waals surface area contributed by atoms with Gasteiger partial charge in [-0.15, -0.1) is 0 Å². The lowest BCUT2D eigenvalue weighted by Gasteiger charge is -2.14. The zero-order chi connectivity index (χ0) is 15.7. The van der Waals surface area contributed by atoms with Crippen molar-refractivity contribution < 1.29 is 27.5 Å². The minimum atomic E-state index is -2.45. The highest BCUT2D eigenvalue weighted by molar-refractivity contribution is 7.72. The molecule has 0 fully saturated rings. The molecule has 0 aliphatic carbocycles. The predicted octanol–water partition coefficient (Wildman–Crippen LogP) is 0.917. The van der Waals surface area contributed by atoms with Crippen LogP contribution >= 0.6 is 0 Å². The van der Waals surface area contributed by atoms with E-state index in [0.29, 0.717) is 12.0 Å². The van der Waals surface area contributed by atoms with E-state index in [0.717, 1.165) is 0 Å². The van der Waals surface area contributed by atoms with Crippen LogP contribution in [0.4, 0.5) is 4.79 Å². The van der Waals surface area contributed by atoms with E-state index in [2.05, 4.69) is 5.32 Å². The Morgan fingerprint density at radius 2 is 1.86 bits per heavy atom. The van der Waals surface area contributed by atoms with Crippen molar-refractivity contribution in [1.29, 1.82) is 0 Å². The van der Waals surface area contributed by atoms with E-state index in [4.69, 9.17) is 9.47 Å². The van der Waals surface area contributed by atoms with Crippen molar-refractivity contribution >= 4 is 22.8 Å². The van der Waals surface area contributed by atoms with Crippen LogP contribution in [-0.2, 0) is 20.2 Å². The molecular weight excluding hydrogens is 298 g/mol. The third-order valence-electron chi connectivity index (χ3n) is 2.34. The summed E-state index contributed by atoms with van der Waals surface area (Å²) in [6.07, 6.45) is -1.52. The van der Waals surface area contributed by atoms with E-state index in [-0.39, 0.29) is 12.3 Å². The van der Waals surface area contributed by atoms with Crippen molar-refractivity contribution in [3.05, 3.63) is 35.9 Å². The van der Waals surface area contributed by atoms with Crippen LogP contribution in [0.25, 0.3) is 0 Å². The third kappa shape index (κ3) is 7.31. The summed E-state index contributed by atoms with van der Waals surface area (Å²) in [4.78, 5) is 23.0. The first-order chi connectivity index (χ1) is 9.99. The van der Waals surface area contributed by atoms with Gasteiger partial charge in [0.25, 0.3) is 0 Å². The maximum Gasteiger partial charge on any atom is 0.410 e. The number of hydrogen-bond acceptors (Lipinski definition) is 6. The SMILES string of the molecule is CC(OC(=O)NCCC[SH](=O)=O)OC(=O)c1ccccc1. The van der Waals surface area contributed by atoms with E-state index in [1.165, 1.54) is 6.92 Å². The molecule has 0 heterocycles. The number of amides is 1. The van der Waals surface area contributed by atoms with Crippen molar-refractivity contribution in [2.24, 2.45) is 0 Å². The average molecular weight is 315 g/mol. The predicted molar refractivity (Wildman–Crippen MR) is 75.6 cm³/mol. The molecule has 0 aliphatic rings. The van der Waals surface area contributed by atoms with E-state index in [1.54, 1.807) is 30.3 Å². The number of nitrogens with one attached hydrogen (secondary N) is 1. The zero-order valence-electron chi connectivity index (χ0n) is 11.5. The molecule has 1 aromatic carbocycles. The lowest BCUT2D eigenvalue weighted by atomic mass is 10.2. The van der Waals surface area contributed by atoms with Crippen LogP contribution in [0.5, 0.6) is 0 Å². The van der Waals surface area contributed by atoms with Gasteiger partial charge in [-0.2, -0.15) is 0 Å². The van der Waals surface area contributed by atoms with Crippen LogP contribution in [0, 0.1) is 0 Å². The minimum absolute atomic E-state index is 0.00579. The number of benzene rings is 1. The normalized spacial score (nSPS) is 11.7. The number of thiol groups is 1. The fourth-order valence-corrected chi connectivity index (χ4v) is 1.82. The highest BCUT2D eigenvalue weighted by atomic mass is 32.2. The molecule has 8 heteroatoms. The largest absolute Gasteiger partial charge is 0.422 e. The van der Waals surface area contributed by atoms with Crippen molar-refractivity contribution in [1.82, 2.24) is 5.32 Å². The molecule has 0 saturated carbocycles. The summed E-state index contributed by atoms with van der Waals surface area (Å²) < 4.78 is 30.4. The van der Waals surface area contributed by atoms with Crippen LogP contribution < -0.4 is 5.32 Å². The van der Waals surface area contributed by atoms with Crippen LogP contribution in [0.1, 0.15) is 23.7 Å². The zero-order valence-corrected chi connectivity index (χ0v) is 12.4. The van der Waals surface area contributed by atoms with E-state index in [9.17, 15) is 18.0 Å². The second-order valence-corrected chi connectivity index (χ2v) is 5.19. The average Bonchev–Trinajstić information content (AvgIpc) is 2.44. The van der Waals surface area contributed by atoms with Gasteiger partial charge < -0.3 is 14.8 Å². The molecule has 0 saturated heterocycles. The number of ether oxygens (including phenoxy) is 2. The molecule has 7 nitrogen and oxygen atoms in total. The standard InChI is InChI=1S/C13H17NO6S/c1-10(19-12(15)11-6-3-2-4-7-11)20-13(16)14-8-5-9-21(17)18/h2-4,6-7,10,21H,5,8-9H2,1H3,(H,14,16). The van der Waals surface area contributed by atoms with Crippen LogP contribution in [0.15, 0.2) is 30.3 Å². The number of esters is 1. The van der Waals surface area contributed by atoms with Crippen LogP contribution in [-0.4, -0.2) is 39.1 Å². The van der Waals surface area contributed by atoms with E-state index in [1.807, 2.05) is 0 Å². The molecule has 1 rings (SSSR count). The number of alkyl carbamates (subject to hydrolysis) is 1. The molecule has 0 aliphatic heterocycles. The Kier molecular flexibility index (Phi) is 7.24. The summed E-state index contributed by atoms with van der Waals surface area (Å²) in [5.74, 6) is -0.604. The first-order valence-corrected chi connectivity index (χ1v) is 7.67. The molecular formula is C13H17NO6S. The molecule has 1 unspecified atom stereocenters. The molecule has 0 radical (unpaired) electrons. The van der Waals surface area contributed by atoms with Gasteiger partial charge in [0.05, 0.1) is 5.56 Å². The van der Waals surface area contributed by atoms with Gasteiger partial charge in [0.2, 0.25) is 6.29 Å². The smallest absolute Gasteiger partial charge is 0.410 e. The van der Waals surface area contributed by atoms with Gasteiger partial charge in [0.1, 0.15) is 10.7 Å². The Balaban J connectivity index is 2.28. The molecule has 1 atom stereocenters. The second kappa shape index (κ2) is 8.96. The Morgan fingerprint density at radius 1 is 1.19 bits per heavy atom. The fraction of sp³-hybridized carbons (Fsp3) is 0.385. The van der Waals surface area contributed by atoms with Gasteiger partial charge in [0.15, 0.2) is 0 Å². The van der Waals surface area contributed by atoms with Crippen molar-refractivity contribution in [3.63, 3.8) is 0 Å². The number of carbonyl (C=O) groups is 2. The Morgan fingerprint density at radius 3 is 2.48 bits per heavy atom. The topological polar surface area (TPSA) is 98.8 Å². The summed E-state index contributed by atoms with van der Waals surface area (Å²) in [5, 5.41) is 2.36. The van der Waals surface area contributed by atoms with Gasteiger partial charge in [-0.25, -0.2) is 18.0 Å². The number of hydrogen-bond donors (Lipinski definition) is 2. The number of carbonyl (C=O) groups excluding carboxylic acids is 2. The first kappa shape index (κ1) is 17.0. The fourth-order valence-electron chi connectivity index (χ4n) is 1.41. The summed E-state index contributed by atoms with van der Waals surface area (Å²) in [7, 11) is -2.45. The molecule has 0 bridgehead atoms. The minimum Gasteiger partial charge on any atom is -0.422 e. The summed E-state index contributed by atoms with van der Waals surface area (Å²) in [6.45, 7) is 1.58. The molecule has 1 aromatic rings. The van der Waals surface area contributed by atoms with Gasteiger partial charge >= 0.3 is 12.1 Å². The molecule has 1 amide bonds. The first-order valence-electron chi connectivity index (χ1n) is 6.31. The third-order valence-corrected chi connectivity index (χ3v) is 3.02. The second-order valence-electron chi connectivity index (χ2n) is 4.08. The lowest BCUT2D eigenvalue weighted by molar-refractivity contribution is -0.0600. The Labute approximate surface area is 124 Å². The van der Waals surface area contributed by atoms with Gasteiger partial charge in [-0.1, -0.05) is 18.2 Å². The molecule has 0 aromatic heterocycles. The monoisotopic (exact) mass is 315 g/mol. The van der Waals surface area contributed by atoms with Gasteiger partial charge in [-0.05, 0) is 18.6 Å². The Bertz CT molecular complexity index is 535. The Hall–Kier alpha value is -2.09. The highest BCUT2D eigenvalue weighted by Crippen LogP contribution is 2.04. The maximum atomic E-state index is 11.7. The summed E-state index contributed by atoms with van der Waals surface area (Å²) in [5.41, 5.74) is 0.354. The maximum absolute atomic E-state index is 11.7. The van der Waals surface area contributed by atoms with Crippen LogP contribution in [0.2, 0.25) is 0 Å². The van der Waals surface area contributed by atoms with Crippen molar-refractivity contribution in [2.75, 3.05) is 12.3 Å². The van der Waals surface area contributed by atoms with Gasteiger partial charge in [-0.3, -0.25) is 0 Å². The molecule has 1 N–H and O–H groups in total. The summed E-state index contributed by atoms with van der Waals surface area (Å²) in [6, 6.07) is 8.31. The highest BCUT2D eigenvalue weighted by Gasteiger charge is 2.14. The van der Waals surface area contributed by atoms with Crippen molar-refractivity contribution in [2.45, 2.75) is 19.6 Å². The lowest BCUT2D eigenvalue weighted by Crippen LogP contribution is -2.31. The molecule has 116 valence electrons. The van der Waals surface area contributed by atoms with Crippen molar-refractivity contribution in [3.8, 4) is 0 Å². The quantitative estimate of drug-likeness (QED) is 0.336. The van der Waals surface area contributed by atoms with Gasteiger partial charge in [0, 0.05) is 19.2 Å². The molecule has 21 heavy (non-hydrogen) atoms. The van der Waals surface area contributed by atoms with Crippen LogP contribution in [0.3, 0.4) is 0 Å². The summed E-state index contributed by atoms with van der Waals surface area (Å²) >= 11 is 0.